The summed E-state index contributed by atoms with van der Waals surface area (Å²) in [5.41, 5.74) is 28.6. The number of Topliss-reactive ketones (excluding diaryl/α,β-unsaturated/α-hetero) is 2. The molecule has 0 aliphatic rings. The highest BCUT2D eigenvalue weighted by atomic mass is 32.1. The van der Waals surface area contributed by atoms with Crippen LogP contribution in [0.5, 0.6) is 0 Å². The maximum atomic E-state index is 13.2. The molecule has 17 heteroatoms. The molecule has 0 fully saturated rings. The summed E-state index contributed by atoms with van der Waals surface area (Å²) in [6, 6.07) is 29.0. The lowest BCUT2D eigenvalue weighted by atomic mass is 9.96. The number of hydrogen-bond donors (Lipinski definition) is 6. The zero-order chi connectivity index (χ0) is 48.2. The Labute approximate surface area is 392 Å². The first-order chi connectivity index (χ1) is 32.2. The molecule has 6 aromatic rings. The third-order valence-corrected chi connectivity index (χ3v) is 11.5. The van der Waals surface area contributed by atoms with Crippen molar-refractivity contribution in [2.45, 2.75) is 94.6 Å². The summed E-state index contributed by atoms with van der Waals surface area (Å²) in [5, 5.41) is 5.93. The van der Waals surface area contributed by atoms with Gasteiger partial charge in [0.05, 0.1) is 35.2 Å². The van der Waals surface area contributed by atoms with Crippen LogP contribution in [0.15, 0.2) is 121 Å². The van der Waals surface area contributed by atoms with Crippen LogP contribution in [0, 0.1) is 0 Å². The Kier molecular flexibility index (Phi) is 20.2. The Morgan fingerprint density at radius 2 is 1.13 bits per heavy atom. The van der Waals surface area contributed by atoms with Crippen LogP contribution in [0.3, 0.4) is 0 Å². The van der Waals surface area contributed by atoms with E-state index in [-0.39, 0.29) is 30.3 Å². The molecule has 0 unspecified atom stereocenters. The number of amides is 2. The SMILES string of the molecule is NCCC[C@H](N)C(=O)N[C@H](CCc1ccccc1)C(=O)Cc1ccc(-c2ncsn2)cc1.NCCC[C@H](N)C(=O)N[C@H](CCc1ccccc1)C(=O)Cc1cnc2ccc(C(F)(F)F)cc2c1. The first-order valence-corrected chi connectivity index (χ1v) is 23.0. The minimum absolute atomic E-state index is 0.0418. The molecule has 67 heavy (non-hydrogen) atoms. The van der Waals surface area contributed by atoms with Gasteiger partial charge in [-0.1, -0.05) is 84.9 Å². The number of fused-ring (bicyclic) bond motifs is 1. The lowest BCUT2D eigenvalue weighted by Gasteiger charge is -2.20. The summed E-state index contributed by atoms with van der Waals surface area (Å²) in [6.45, 7) is 0.881. The average molecular weight is 938 g/mol. The van der Waals surface area contributed by atoms with E-state index in [0.29, 0.717) is 86.7 Å². The molecule has 13 nitrogen and oxygen atoms in total. The largest absolute Gasteiger partial charge is 0.416 e. The second-order valence-corrected chi connectivity index (χ2v) is 16.8. The molecule has 0 bridgehead atoms. The van der Waals surface area contributed by atoms with Crippen LogP contribution in [0.4, 0.5) is 13.2 Å². The van der Waals surface area contributed by atoms with E-state index in [2.05, 4.69) is 25.0 Å². The number of aromatic nitrogens is 3. The van der Waals surface area contributed by atoms with Crippen LogP contribution in [0.1, 0.15) is 66.3 Å². The van der Waals surface area contributed by atoms with Crippen LogP contribution < -0.4 is 33.6 Å². The Morgan fingerprint density at radius 1 is 0.612 bits per heavy atom. The highest BCUT2D eigenvalue weighted by Crippen LogP contribution is 2.31. The fourth-order valence-electron chi connectivity index (χ4n) is 7.20. The smallest absolute Gasteiger partial charge is 0.345 e. The molecule has 0 saturated heterocycles. The van der Waals surface area contributed by atoms with E-state index in [1.165, 1.54) is 29.9 Å². The van der Waals surface area contributed by atoms with Gasteiger partial charge in [0.1, 0.15) is 5.51 Å². The van der Waals surface area contributed by atoms with Gasteiger partial charge in [0.25, 0.3) is 0 Å². The van der Waals surface area contributed by atoms with Gasteiger partial charge < -0.3 is 33.6 Å². The van der Waals surface area contributed by atoms with Crippen molar-refractivity contribution in [1.82, 2.24) is 25.0 Å². The van der Waals surface area contributed by atoms with E-state index in [0.717, 1.165) is 34.4 Å². The first kappa shape index (κ1) is 51.7. The van der Waals surface area contributed by atoms with Crippen molar-refractivity contribution in [2.75, 3.05) is 13.1 Å². The quantitative estimate of drug-likeness (QED) is 0.0433. The third kappa shape index (κ3) is 16.9. The van der Waals surface area contributed by atoms with E-state index < -0.39 is 41.8 Å². The van der Waals surface area contributed by atoms with Gasteiger partial charge in [0, 0.05) is 30.0 Å². The highest BCUT2D eigenvalue weighted by molar-refractivity contribution is 7.03. The molecule has 4 atom stereocenters. The standard InChI is InChI=1S/C26H29F3N4O2.C24H29N5O2S/c27-26(28,29)20-9-11-22-19(15-20)13-18(16-32-22)14-24(34)23(10-8-17-5-2-1-3-6-17)33-25(35)21(31)7-4-12-30;25-14-4-7-20(26)24(31)28-21(13-10-17-5-2-1-3-6-17)22(30)15-18-8-11-19(12-9-18)23-27-16-32-29-23/h1-3,5-6,9,11,13,15-16,21,23H,4,7-8,10,12,14,30-31H2,(H,33,35);1-3,5-6,8-9,11-12,16,20-21H,4,7,10,13-15,25-26H2,(H,28,31)/t21-,23+;20-,21+/m00/s1. The van der Waals surface area contributed by atoms with Crippen molar-refractivity contribution in [1.29, 1.82) is 0 Å². The fraction of sp³-hybridized carbons (Fsp3) is 0.340. The van der Waals surface area contributed by atoms with E-state index in [4.69, 9.17) is 22.9 Å². The van der Waals surface area contributed by atoms with Crippen LogP contribution in [0.25, 0.3) is 22.3 Å². The number of alkyl halides is 3. The Bertz CT molecular complexity index is 2480. The van der Waals surface area contributed by atoms with Crippen LogP contribution in [-0.4, -0.2) is 75.0 Å². The Balaban J connectivity index is 0.000000252. The lowest BCUT2D eigenvalue weighted by molar-refractivity contribution is -0.137. The topological polar surface area (TPSA) is 235 Å². The maximum absolute atomic E-state index is 13.2. The number of hydrogen-bond acceptors (Lipinski definition) is 12. The number of aryl methyl sites for hydroxylation is 2. The zero-order valence-corrected chi connectivity index (χ0v) is 38.0. The summed E-state index contributed by atoms with van der Waals surface area (Å²) >= 11 is 1.30. The van der Waals surface area contributed by atoms with Crippen molar-refractivity contribution < 1.29 is 32.3 Å². The second kappa shape index (κ2) is 26.2. The van der Waals surface area contributed by atoms with Crippen LogP contribution in [0.2, 0.25) is 0 Å². The number of ketones is 2. The van der Waals surface area contributed by atoms with Gasteiger partial charge in [0.15, 0.2) is 17.4 Å². The van der Waals surface area contributed by atoms with Gasteiger partial charge in [-0.05, 0) is 123 Å². The summed E-state index contributed by atoms with van der Waals surface area (Å²) in [5.74, 6) is -0.383. The molecular weight excluding hydrogens is 880 g/mol. The third-order valence-electron chi connectivity index (χ3n) is 11.0. The monoisotopic (exact) mass is 937 g/mol. The number of nitrogens with one attached hydrogen (secondary N) is 2. The molecule has 0 spiro atoms. The number of carbonyl (C=O) groups is 4. The van der Waals surface area contributed by atoms with E-state index >= 15 is 0 Å². The molecule has 0 aliphatic heterocycles. The fourth-order valence-corrected chi connectivity index (χ4v) is 7.65. The van der Waals surface area contributed by atoms with Crippen molar-refractivity contribution in [3.05, 3.63) is 149 Å². The normalized spacial score (nSPS) is 13.1. The van der Waals surface area contributed by atoms with Crippen molar-refractivity contribution in [2.24, 2.45) is 22.9 Å². The Hall–Kier alpha value is -6.24. The number of halogens is 3. The number of nitrogens with two attached hydrogens (primary N) is 4. The molecule has 0 radical (unpaired) electrons. The van der Waals surface area contributed by atoms with Gasteiger partial charge in [-0.2, -0.15) is 17.5 Å². The molecular formula is C50H58F3N9O4S. The number of benzene rings is 4. The number of carbonyl (C=O) groups excluding carboxylic acids is 4. The molecule has 0 saturated carbocycles. The maximum Gasteiger partial charge on any atom is 0.416 e. The minimum Gasteiger partial charge on any atom is -0.345 e. The van der Waals surface area contributed by atoms with Crippen molar-refractivity contribution >= 4 is 45.8 Å². The van der Waals surface area contributed by atoms with Crippen molar-refractivity contribution in [3.63, 3.8) is 0 Å². The molecule has 2 aromatic heterocycles. The summed E-state index contributed by atoms with van der Waals surface area (Å²) in [7, 11) is 0. The number of pyridine rings is 1. The molecule has 4 aromatic carbocycles. The van der Waals surface area contributed by atoms with E-state index in [1.54, 1.807) is 5.51 Å². The van der Waals surface area contributed by atoms with Gasteiger partial charge >= 0.3 is 6.18 Å². The van der Waals surface area contributed by atoms with E-state index in [9.17, 15) is 32.3 Å². The molecule has 354 valence electrons. The molecule has 6 rings (SSSR count). The second-order valence-electron chi connectivity index (χ2n) is 16.2. The molecule has 0 aliphatic carbocycles. The predicted molar refractivity (Wildman–Crippen MR) is 255 cm³/mol. The highest BCUT2D eigenvalue weighted by Gasteiger charge is 2.31. The number of nitrogens with zero attached hydrogens (tertiary/aromatic N) is 3. The van der Waals surface area contributed by atoms with Gasteiger partial charge in [-0.15, -0.1) is 0 Å². The zero-order valence-electron chi connectivity index (χ0n) is 37.2. The number of rotatable bonds is 23. The Morgan fingerprint density at radius 3 is 1.61 bits per heavy atom. The van der Waals surface area contributed by atoms with Crippen LogP contribution in [-0.2, 0) is 51.0 Å². The van der Waals surface area contributed by atoms with Crippen LogP contribution >= 0.6 is 11.5 Å². The summed E-state index contributed by atoms with van der Waals surface area (Å²) in [4.78, 5) is 59.8. The summed E-state index contributed by atoms with van der Waals surface area (Å²) in [6.07, 6.45) is 1.38. The van der Waals surface area contributed by atoms with Gasteiger partial charge in [-0.3, -0.25) is 24.2 Å². The van der Waals surface area contributed by atoms with Gasteiger partial charge in [0.2, 0.25) is 11.8 Å². The first-order valence-electron chi connectivity index (χ1n) is 22.2. The molecule has 2 amide bonds. The predicted octanol–water partition coefficient (Wildman–Crippen LogP) is 6.05. The summed E-state index contributed by atoms with van der Waals surface area (Å²) < 4.78 is 43.5. The average Bonchev–Trinajstić information content (AvgIpc) is 3.88. The molecule has 10 N–H and O–H groups in total. The minimum atomic E-state index is -4.48. The van der Waals surface area contributed by atoms with E-state index in [1.807, 2.05) is 84.9 Å². The lowest BCUT2D eigenvalue weighted by Crippen LogP contribution is -2.49. The van der Waals surface area contributed by atoms with Gasteiger partial charge in [-0.25, -0.2) is 4.98 Å². The molecule has 2 heterocycles. The van der Waals surface area contributed by atoms with Crippen molar-refractivity contribution in [3.8, 4) is 11.4 Å².